The summed E-state index contributed by atoms with van der Waals surface area (Å²) in [6.45, 7) is 1.49. The van der Waals surface area contributed by atoms with Gasteiger partial charge >= 0.3 is 5.82 Å². The average molecular weight is 214 g/mol. The number of benzene rings is 1. The first-order valence-corrected chi connectivity index (χ1v) is 3.79. The Hall–Kier alpha value is -1.62. The van der Waals surface area contributed by atoms with E-state index in [9.17, 15) is 10.1 Å². The lowest BCUT2D eigenvalue weighted by atomic mass is 10.3. The van der Waals surface area contributed by atoms with Gasteiger partial charge < -0.3 is 5.21 Å². The molecule has 0 aliphatic heterocycles. The first-order valence-electron chi connectivity index (χ1n) is 3.79. The zero-order valence-corrected chi connectivity index (χ0v) is 8.19. The van der Waals surface area contributed by atoms with Crippen molar-refractivity contribution in [3.63, 3.8) is 0 Å². The topological polar surface area (TPSA) is 63.9 Å². The summed E-state index contributed by atoms with van der Waals surface area (Å²) in [5.41, 5.74) is 0.619. The number of aromatic nitrogens is 3. The van der Waals surface area contributed by atoms with E-state index in [4.69, 9.17) is 0 Å². The van der Waals surface area contributed by atoms with Crippen LogP contribution in [0, 0.1) is 17.0 Å². The van der Waals surface area contributed by atoms with E-state index in [1.54, 1.807) is 24.3 Å². The molecule has 5 nitrogen and oxygen atoms in total. The third kappa shape index (κ3) is 1.42. The highest BCUT2D eigenvalue weighted by Gasteiger charge is 2.10. The molecule has 0 aliphatic carbocycles. The molecule has 0 aliphatic rings. The lowest BCUT2D eigenvalue weighted by molar-refractivity contribution is -0.478. The van der Waals surface area contributed by atoms with Gasteiger partial charge in [-0.05, 0) is 12.1 Å². The molecule has 2 rings (SSSR count). The molecule has 1 aromatic heterocycles. The molecule has 0 saturated heterocycles. The van der Waals surface area contributed by atoms with Crippen LogP contribution >= 0.6 is 12.4 Å². The molecule has 0 unspecified atom stereocenters. The van der Waals surface area contributed by atoms with Gasteiger partial charge in [-0.25, -0.2) is 0 Å². The van der Waals surface area contributed by atoms with Gasteiger partial charge in [-0.15, -0.1) is 12.4 Å². The van der Waals surface area contributed by atoms with Gasteiger partial charge in [0, 0.05) is 11.4 Å². The molecule has 0 radical (unpaired) electrons. The average Bonchev–Trinajstić information content (AvgIpc) is 2.15. The van der Waals surface area contributed by atoms with Crippen LogP contribution in [0.15, 0.2) is 24.3 Å². The van der Waals surface area contributed by atoms with Crippen LogP contribution in [-0.4, -0.2) is 9.94 Å². The van der Waals surface area contributed by atoms with Crippen LogP contribution in [0.2, 0.25) is 0 Å². The Balaban J connectivity index is 0.000000980. The molecular formula is C8H8ClN3O2. The monoisotopic (exact) mass is 213 g/mol. The van der Waals surface area contributed by atoms with Crippen LogP contribution in [0.1, 0.15) is 5.82 Å². The number of hydrogen-bond donors (Lipinski definition) is 0. The summed E-state index contributed by atoms with van der Waals surface area (Å²) in [7, 11) is 0. The maximum Gasteiger partial charge on any atom is 0.364 e. The van der Waals surface area contributed by atoms with E-state index in [2.05, 4.69) is 5.10 Å². The van der Waals surface area contributed by atoms with E-state index in [0.29, 0.717) is 14.8 Å². The summed E-state index contributed by atoms with van der Waals surface area (Å²) < 4.78 is 0.643. The zero-order chi connectivity index (χ0) is 9.42. The van der Waals surface area contributed by atoms with Crippen LogP contribution in [0.25, 0.3) is 11.0 Å². The minimum Gasteiger partial charge on any atom is -0.772 e. The largest absolute Gasteiger partial charge is 0.772 e. The number of para-hydroxylation sites is 2. The van der Waals surface area contributed by atoms with E-state index in [0.717, 1.165) is 0 Å². The van der Waals surface area contributed by atoms with Gasteiger partial charge in [-0.1, -0.05) is 17.0 Å². The molecule has 0 N–H and O–H groups in total. The summed E-state index contributed by atoms with van der Waals surface area (Å²) in [5, 5.41) is 14.7. The molecule has 0 spiro atoms. The quantitative estimate of drug-likeness (QED) is 0.614. The van der Waals surface area contributed by atoms with Crippen LogP contribution in [0.5, 0.6) is 0 Å². The second kappa shape index (κ2) is 3.63. The molecule has 14 heavy (non-hydrogen) atoms. The summed E-state index contributed by atoms with van der Waals surface area (Å²) in [5.74, 6) is 0.147. The van der Waals surface area contributed by atoms with Crippen molar-refractivity contribution in [2.75, 3.05) is 0 Å². The predicted molar refractivity (Wildman–Crippen MR) is 53.9 cm³/mol. The molecule has 74 valence electrons. The summed E-state index contributed by atoms with van der Waals surface area (Å²) >= 11 is 0. The van der Waals surface area contributed by atoms with Crippen molar-refractivity contribution in [3.05, 3.63) is 40.2 Å². The fourth-order valence-electron chi connectivity index (χ4n) is 1.20. The highest BCUT2D eigenvalue weighted by Crippen LogP contribution is 2.05. The highest BCUT2D eigenvalue weighted by atomic mass is 35.5. The molecule has 6 heteroatoms. The smallest absolute Gasteiger partial charge is 0.364 e. The fraction of sp³-hybridized carbons (Fsp3) is 0.125. The van der Waals surface area contributed by atoms with E-state index in [1.807, 2.05) is 0 Å². The number of halogens is 1. The highest BCUT2D eigenvalue weighted by molar-refractivity contribution is 5.85. The molecule has 0 atom stereocenters. The summed E-state index contributed by atoms with van der Waals surface area (Å²) in [6, 6.07) is 6.54. The molecule has 2 aromatic rings. The van der Waals surface area contributed by atoms with Crippen molar-refractivity contribution in [2.45, 2.75) is 6.92 Å². The zero-order valence-electron chi connectivity index (χ0n) is 7.38. The maximum absolute atomic E-state index is 11.4. The van der Waals surface area contributed by atoms with Gasteiger partial charge in [0.2, 0.25) is 5.52 Å². The van der Waals surface area contributed by atoms with Crippen LogP contribution in [-0.2, 0) is 0 Å². The Morgan fingerprint density at radius 3 is 2.79 bits per heavy atom. The van der Waals surface area contributed by atoms with Gasteiger partial charge in [0.15, 0.2) is 0 Å². The first-order chi connectivity index (χ1) is 6.20. The van der Waals surface area contributed by atoms with Gasteiger partial charge in [0.1, 0.15) is 5.52 Å². The van der Waals surface area contributed by atoms with Gasteiger partial charge in [0.25, 0.3) is 0 Å². The standard InChI is InChI=1S/C8H7N3O2.ClH/c1-6-9-11(13)8-5-3-2-4-7(8)10(6)12;/h2-5H,1H3;1H. The molecular weight excluding hydrogens is 206 g/mol. The third-order valence-corrected chi connectivity index (χ3v) is 1.84. The summed E-state index contributed by atoms with van der Waals surface area (Å²) in [6.07, 6.45) is 0. The first kappa shape index (κ1) is 10.5. The molecule has 0 saturated carbocycles. The van der Waals surface area contributed by atoms with Gasteiger partial charge in [-0.3, -0.25) is 0 Å². The molecule has 0 bridgehead atoms. The number of nitrogens with zero attached hydrogens (tertiary/aromatic N) is 3. The third-order valence-electron chi connectivity index (χ3n) is 1.84. The Kier molecular flexibility index (Phi) is 2.71. The molecule has 1 heterocycles. The van der Waals surface area contributed by atoms with Crippen molar-refractivity contribution in [1.29, 1.82) is 0 Å². The second-order valence-electron chi connectivity index (χ2n) is 2.70. The Morgan fingerprint density at radius 2 is 2.07 bits per heavy atom. The Bertz CT molecular complexity index is 523. The van der Waals surface area contributed by atoms with Gasteiger partial charge in [0.05, 0.1) is 5.10 Å². The number of hydrogen-bond acceptors (Lipinski definition) is 3. The van der Waals surface area contributed by atoms with Crippen LogP contribution in [0.4, 0.5) is 0 Å². The SMILES string of the molecule is Cc1nn([O-])c2ccccc2[n+]1=O.Cl. The van der Waals surface area contributed by atoms with Crippen molar-refractivity contribution >= 4 is 23.4 Å². The maximum atomic E-state index is 11.4. The van der Waals surface area contributed by atoms with Gasteiger partial charge in [-0.2, -0.15) is 4.85 Å². The predicted octanol–water partition coefficient (Wildman–Crippen LogP) is 1.03. The number of rotatable bonds is 0. The van der Waals surface area contributed by atoms with E-state index >= 15 is 0 Å². The summed E-state index contributed by atoms with van der Waals surface area (Å²) in [4.78, 5) is 11.8. The minimum atomic E-state index is 0. The molecule has 0 fully saturated rings. The van der Waals surface area contributed by atoms with Crippen LogP contribution < -0.4 is 4.43 Å². The van der Waals surface area contributed by atoms with E-state index in [1.165, 1.54) is 6.92 Å². The lowest BCUT2D eigenvalue weighted by Gasteiger charge is -2.04. The fourth-order valence-corrected chi connectivity index (χ4v) is 1.20. The van der Waals surface area contributed by atoms with E-state index in [-0.39, 0.29) is 23.7 Å². The number of fused-ring (bicyclic) bond motifs is 1. The molecule has 1 aromatic carbocycles. The van der Waals surface area contributed by atoms with Crippen molar-refractivity contribution < 1.29 is 4.43 Å². The second-order valence-corrected chi connectivity index (χ2v) is 2.70. The molecule has 0 amide bonds. The minimum absolute atomic E-state index is 0. The Morgan fingerprint density at radius 1 is 1.43 bits per heavy atom. The number of aryl methyl sites for hydroxylation is 1. The normalized spacial score (nSPS) is 9.79. The lowest BCUT2D eigenvalue weighted by Crippen LogP contribution is -2.24. The Labute approximate surface area is 85.6 Å². The van der Waals surface area contributed by atoms with Crippen molar-refractivity contribution in [1.82, 2.24) is 9.94 Å². The van der Waals surface area contributed by atoms with Crippen molar-refractivity contribution in [3.8, 4) is 0 Å². The van der Waals surface area contributed by atoms with Crippen LogP contribution in [0.3, 0.4) is 0 Å². The van der Waals surface area contributed by atoms with Crippen molar-refractivity contribution in [2.24, 2.45) is 0 Å². The van der Waals surface area contributed by atoms with E-state index < -0.39 is 0 Å².